The maximum atomic E-state index is 10.3. The molecule has 0 radical (unpaired) electrons. The SMILES string of the molecule is CSc1ccc(CNCCC(=O)O)cc1. The Hall–Kier alpha value is -1.00. The van der Waals surface area contributed by atoms with Gasteiger partial charge in [-0.2, -0.15) is 0 Å². The number of nitrogens with one attached hydrogen (secondary N) is 1. The van der Waals surface area contributed by atoms with Gasteiger partial charge in [0.05, 0.1) is 6.42 Å². The fourth-order valence-corrected chi connectivity index (χ4v) is 1.58. The van der Waals surface area contributed by atoms with Gasteiger partial charge >= 0.3 is 5.97 Å². The molecule has 0 aliphatic heterocycles. The Morgan fingerprint density at radius 2 is 2.07 bits per heavy atom. The van der Waals surface area contributed by atoms with Crippen LogP contribution in [0.3, 0.4) is 0 Å². The van der Waals surface area contributed by atoms with Crippen molar-refractivity contribution >= 4 is 17.7 Å². The van der Waals surface area contributed by atoms with Gasteiger partial charge in [-0.05, 0) is 24.0 Å². The minimum Gasteiger partial charge on any atom is -0.481 e. The van der Waals surface area contributed by atoms with Crippen molar-refractivity contribution in [2.45, 2.75) is 17.9 Å². The first kappa shape index (κ1) is 12.1. The van der Waals surface area contributed by atoms with Gasteiger partial charge in [-0.1, -0.05) is 12.1 Å². The smallest absolute Gasteiger partial charge is 0.304 e. The molecule has 0 fully saturated rings. The van der Waals surface area contributed by atoms with Crippen LogP contribution < -0.4 is 5.32 Å². The van der Waals surface area contributed by atoms with Crippen molar-refractivity contribution in [3.05, 3.63) is 29.8 Å². The first-order valence-corrected chi connectivity index (χ1v) is 6.00. The average molecular weight is 225 g/mol. The van der Waals surface area contributed by atoms with Crippen molar-refractivity contribution in [3.8, 4) is 0 Å². The molecule has 0 unspecified atom stereocenters. The number of carbonyl (C=O) groups is 1. The molecule has 82 valence electrons. The third-order valence-corrected chi connectivity index (χ3v) is 2.75. The zero-order chi connectivity index (χ0) is 11.1. The lowest BCUT2D eigenvalue weighted by Crippen LogP contribution is -2.17. The van der Waals surface area contributed by atoms with Crippen molar-refractivity contribution in [1.29, 1.82) is 0 Å². The van der Waals surface area contributed by atoms with E-state index >= 15 is 0 Å². The molecule has 0 saturated heterocycles. The first-order chi connectivity index (χ1) is 7.22. The number of hydrogen-bond donors (Lipinski definition) is 2. The predicted molar refractivity (Wildman–Crippen MR) is 62.2 cm³/mol. The molecule has 15 heavy (non-hydrogen) atoms. The molecular formula is C11H15NO2S. The van der Waals surface area contributed by atoms with Crippen molar-refractivity contribution < 1.29 is 9.90 Å². The van der Waals surface area contributed by atoms with Crippen molar-refractivity contribution in [1.82, 2.24) is 5.32 Å². The van der Waals surface area contributed by atoms with Gasteiger partial charge in [-0.25, -0.2) is 0 Å². The van der Waals surface area contributed by atoms with E-state index in [2.05, 4.69) is 29.6 Å². The van der Waals surface area contributed by atoms with Gasteiger partial charge in [-0.3, -0.25) is 4.79 Å². The minimum absolute atomic E-state index is 0.170. The van der Waals surface area contributed by atoms with Gasteiger partial charge in [0.1, 0.15) is 0 Å². The molecule has 2 N–H and O–H groups in total. The predicted octanol–water partition coefficient (Wildman–Crippen LogP) is 1.97. The molecule has 1 aromatic carbocycles. The Morgan fingerprint density at radius 1 is 1.40 bits per heavy atom. The van der Waals surface area contributed by atoms with E-state index in [0.29, 0.717) is 6.54 Å². The highest BCUT2D eigenvalue weighted by Gasteiger charge is 1.96. The summed E-state index contributed by atoms with van der Waals surface area (Å²) in [7, 11) is 0. The lowest BCUT2D eigenvalue weighted by Gasteiger charge is -2.03. The molecule has 0 aliphatic rings. The second kappa shape index (κ2) is 6.48. The lowest BCUT2D eigenvalue weighted by atomic mass is 10.2. The van der Waals surface area contributed by atoms with E-state index in [0.717, 1.165) is 6.54 Å². The Kier molecular flexibility index (Phi) is 5.21. The van der Waals surface area contributed by atoms with Crippen LogP contribution in [0.1, 0.15) is 12.0 Å². The summed E-state index contributed by atoms with van der Waals surface area (Å²) in [5.74, 6) is -0.764. The molecule has 0 aliphatic carbocycles. The lowest BCUT2D eigenvalue weighted by molar-refractivity contribution is -0.136. The van der Waals surface area contributed by atoms with E-state index in [1.165, 1.54) is 10.5 Å². The zero-order valence-electron chi connectivity index (χ0n) is 8.69. The van der Waals surface area contributed by atoms with Gasteiger partial charge in [-0.15, -0.1) is 11.8 Å². The van der Waals surface area contributed by atoms with E-state index in [9.17, 15) is 4.79 Å². The number of carboxylic acids is 1. The monoisotopic (exact) mass is 225 g/mol. The van der Waals surface area contributed by atoms with Gasteiger partial charge in [0.25, 0.3) is 0 Å². The van der Waals surface area contributed by atoms with Crippen LogP contribution in [0.25, 0.3) is 0 Å². The van der Waals surface area contributed by atoms with Gasteiger partial charge in [0.15, 0.2) is 0 Å². The normalized spacial score (nSPS) is 10.2. The van der Waals surface area contributed by atoms with Crippen molar-refractivity contribution in [2.24, 2.45) is 0 Å². The summed E-state index contributed by atoms with van der Waals surface area (Å²) in [6.45, 7) is 1.24. The van der Waals surface area contributed by atoms with Crippen LogP contribution in [0.4, 0.5) is 0 Å². The van der Waals surface area contributed by atoms with Crippen LogP contribution in [0.2, 0.25) is 0 Å². The third-order valence-electron chi connectivity index (χ3n) is 2.00. The van der Waals surface area contributed by atoms with Crippen molar-refractivity contribution in [2.75, 3.05) is 12.8 Å². The molecule has 1 rings (SSSR count). The number of thioether (sulfide) groups is 1. The molecule has 0 atom stereocenters. The standard InChI is InChI=1S/C11H15NO2S/c1-15-10-4-2-9(3-5-10)8-12-7-6-11(13)14/h2-5,12H,6-8H2,1H3,(H,13,14). The summed E-state index contributed by atoms with van der Waals surface area (Å²) in [6.07, 6.45) is 2.21. The second-order valence-corrected chi connectivity index (χ2v) is 4.05. The Bertz CT molecular complexity index is 311. The number of carboxylic acid groups (broad SMARTS) is 1. The maximum absolute atomic E-state index is 10.3. The minimum atomic E-state index is -0.764. The van der Waals surface area contributed by atoms with Gasteiger partial charge in [0, 0.05) is 18.0 Å². The summed E-state index contributed by atoms with van der Waals surface area (Å²) in [6, 6.07) is 8.25. The highest BCUT2D eigenvalue weighted by Crippen LogP contribution is 2.14. The number of hydrogen-bond acceptors (Lipinski definition) is 3. The summed E-state index contributed by atoms with van der Waals surface area (Å²) in [5, 5.41) is 11.5. The first-order valence-electron chi connectivity index (χ1n) is 4.78. The topological polar surface area (TPSA) is 49.3 Å². The summed E-state index contributed by atoms with van der Waals surface area (Å²) in [5.41, 5.74) is 1.18. The summed E-state index contributed by atoms with van der Waals surface area (Å²) in [4.78, 5) is 11.5. The summed E-state index contributed by atoms with van der Waals surface area (Å²) >= 11 is 1.71. The largest absolute Gasteiger partial charge is 0.481 e. The van der Waals surface area contributed by atoms with Crippen molar-refractivity contribution in [3.63, 3.8) is 0 Å². The van der Waals surface area contributed by atoms with E-state index in [1.54, 1.807) is 11.8 Å². The molecule has 3 nitrogen and oxygen atoms in total. The van der Waals surface area contributed by atoms with Crippen LogP contribution in [-0.4, -0.2) is 23.9 Å². The van der Waals surface area contributed by atoms with E-state index in [-0.39, 0.29) is 6.42 Å². The molecule has 0 aromatic heterocycles. The number of rotatable bonds is 6. The third kappa shape index (κ3) is 4.85. The number of aliphatic carboxylic acids is 1. The van der Waals surface area contributed by atoms with Crippen LogP contribution in [-0.2, 0) is 11.3 Å². The molecule has 0 spiro atoms. The van der Waals surface area contributed by atoms with E-state index in [4.69, 9.17) is 5.11 Å². The second-order valence-electron chi connectivity index (χ2n) is 3.17. The molecule has 0 heterocycles. The highest BCUT2D eigenvalue weighted by molar-refractivity contribution is 7.98. The highest BCUT2D eigenvalue weighted by atomic mass is 32.2. The van der Waals surface area contributed by atoms with Crippen LogP contribution in [0.15, 0.2) is 29.2 Å². The molecule has 1 aromatic rings. The molecule has 4 heteroatoms. The maximum Gasteiger partial charge on any atom is 0.304 e. The van der Waals surface area contributed by atoms with Gasteiger partial charge < -0.3 is 10.4 Å². The fourth-order valence-electron chi connectivity index (χ4n) is 1.17. The fraction of sp³-hybridized carbons (Fsp3) is 0.364. The van der Waals surface area contributed by atoms with Crippen LogP contribution in [0, 0.1) is 0 Å². The molecule has 0 saturated carbocycles. The summed E-state index contributed by atoms with van der Waals surface area (Å²) < 4.78 is 0. The molecule has 0 amide bonds. The quantitative estimate of drug-likeness (QED) is 0.574. The van der Waals surface area contributed by atoms with Crippen LogP contribution >= 0.6 is 11.8 Å². The Morgan fingerprint density at radius 3 is 2.60 bits per heavy atom. The number of benzene rings is 1. The average Bonchev–Trinajstić information content (AvgIpc) is 2.25. The van der Waals surface area contributed by atoms with Crippen LogP contribution in [0.5, 0.6) is 0 Å². The Balaban J connectivity index is 2.28. The molecule has 0 bridgehead atoms. The Labute approximate surface area is 93.9 Å². The van der Waals surface area contributed by atoms with Gasteiger partial charge in [0.2, 0.25) is 0 Å². The van der Waals surface area contributed by atoms with E-state index in [1.807, 2.05) is 6.26 Å². The van der Waals surface area contributed by atoms with E-state index < -0.39 is 5.97 Å². The molecular weight excluding hydrogens is 210 g/mol. The zero-order valence-corrected chi connectivity index (χ0v) is 9.51.